The van der Waals surface area contributed by atoms with Crippen molar-refractivity contribution in [2.24, 2.45) is 0 Å². The van der Waals surface area contributed by atoms with E-state index in [1.165, 1.54) is 0 Å². The number of halogens is 1. The first-order valence-electron chi connectivity index (χ1n) is 7.23. The number of carbonyl (C=O) groups excluding carboxylic acids is 1. The molecule has 0 aliphatic carbocycles. The van der Waals surface area contributed by atoms with Crippen molar-refractivity contribution in [1.82, 2.24) is 5.32 Å². The van der Waals surface area contributed by atoms with Crippen LogP contribution in [0, 0.1) is 6.92 Å². The van der Waals surface area contributed by atoms with Gasteiger partial charge in [0.1, 0.15) is 5.75 Å². The first kappa shape index (κ1) is 16.1. The minimum absolute atomic E-state index is 0.127. The van der Waals surface area contributed by atoms with E-state index in [1.54, 1.807) is 26.0 Å². The summed E-state index contributed by atoms with van der Waals surface area (Å²) in [5.74, 6) is 0.486. The van der Waals surface area contributed by atoms with Gasteiger partial charge in [0.2, 0.25) is 0 Å². The summed E-state index contributed by atoms with van der Waals surface area (Å²) in [5, 5.41) is 3.58. The van der Waals surface area contributed by atoms with Crippen molar-refractivity contribution in [2.45, 2.75) is 45.3 Å². The molecule has 1 N–H and O–H groups in total. The van der Waals surface area contributed by atoms with Crippen LogP contribution in [0.2, 0.25) is 5.02 Å². The molecule has 1 aromatic rings. The molecule has 1 aliphatic heterocycles. The molecule has 1 fully saturated rings. The van der Waals surface area contributed by atoms with Gasteiger partial charge >= 0.3 is 0 Å². The van der Waals surface area contributed by atoms with Crippen LogP contribution >= 0.6 is 11.6 Å². The monoisotopic (exact) mass is 311 g/mol. The molecule has 2 rings (SSSR count). The van der Waals surface area contributed by atoms with Crippen LogP contribution in [0.1, 0.15) is 32.3 Å². The maximum atomic E-state index is 12.3. The van der Waals surface area contributed by atoms with Gasteiger partial charge in [-0.2, -0.15) is 0 Å². The van der Waals surface area contributed by atoms with E-state index in [2.05, 4.69) is 5.32 Å². The Bertz CT molecular complexity index is 510. The van der Waals surface area contributed by atoms with Crippen molar-refractivity contribution in [1.29, 1.82) is 0 Å². The molecule has 1 atom stereocenters. The fraction of sp³-hybridized carbons (Fsp3) is 0.562. The fourth-order valence-electron chi connectivity index (χ4n) is 2.25. The largest absolute Gasteiger partial charge is 0.478 e. The lowest BCUT2D eigenvalue weighted by Crippen LogP contribution is -2.48. The molecule has 0 bridgehead atoms. The molecule has 1 aromatic carbocycles. The highest BCUT2D eigenvalue weighted by atomic mass is 35.5. The summed E-state index contributed by atoms with van der Waals surface area (Å²) in [5.41, 5.74) is -0.0245. The van der Waals surface area contributed by atoms with Crippen molar-refractivity contribution in [2.75, 3.05) is 13.2 Å². The van der Waals surface area contributed by atoms with E-state index in [0.717, 1.165) is 25.0 Å². The SMILES string of the molecule is Cc1cc(OC(C)(C)C(=O)NCC2CCCO2)ccc1Cl. The summed E-state index contributed by atoms with van der Waals surface area (Å²) in [4.78, 5) is 12.3. The smallest absolute Gasteiger partial charge is 0.263 e. The summed E-state index contributed by atoms with van der Waals surface area (Å²) in [6.45, 7) is 6.72. The number of benzene rings is 1. The Hall–Kier alpha value is -1.26. The summed E-state index contributed by atoms with van der Waals surface area (Å²) >= 11 is 5.99. The van der Waals surface area contributed by atoms with Crippen LogP contribution in [0.15, 0.2) is 18.2 Å². The Labute approximate surface area is 130 Å². The third-order valence-electron chi connectivity index (χ3n) is 3.56. The number of hydrogen-bond acceptors (Lipinski definition) is 3. The zero-order valence-electron chi connectivity index (χ0n) is 12.7. The van der Waals surface area contributed by atoms with Crippen LogP contribution in [0.25, 0.3) is 0 Å². The van der Waals surface area contributed by atoms with Crippen LogP contribution in [-0.4, -0.2) is 30.8 Å². The third kappa shape index (κ3) is 4.35. The number of carbonyl (C=O) groups is 1. The Kier molecular flexibility index (Phi) is 5.12. The van der Waals surface area contributed by atoms with Crippen molar-refractivity contribution >= 4 is 17.5 Å². The molecule has 5 heteroatoms. The van der Waals surface area contributed by atoms with E-state index >= 15 is 0 Å². The lowest BCUT2D eigenvalue weighted by molar-refractivity contribution is -0.134. The van der Waals surface area contributed by atoms with Gasteiger partial charge in [0.15, 0.2) is 5.60 Å². The number of amides is 1. The molecule has 0 spiro atoms. The third-order valence-corrected chi connectivity index (χ3v) is 3.99. The van der Waals surface area contributed by atoms with Gasteiger partial charge in [-0.3, -0.25) is 4.79 Å². The molecule has 0 aromatic heterocycles. The van der Waals surface area contributed by atoms with Crippen LogP contribution in [0.3, 0.4) is 0 Å². The van der Waals surface area contributed by atoms with Crippen molar-refractivity contribution in [3.8, 4) is 5.75 Å². The van der Waals surface area contributed by atoms with Gasteiger partial charge in [0, 0.05) is 18.2 Å². The average Bonchev–Trinajstić information content (AvgIpc) is 2.93. The molecule has 0 saturated carbocycles. The summed E-state index contributed by atoms with van der Waals surface area (Å²) in [6.07, 6.45) is 2.19. The van der Waals surface area contributed by atoms with Gasteiger partial charge in [0.25, 0.3) is 5.91 Å². The minimum Gasteiger partial charge on any atom is -0.478 e. The molecule has 1 aliphatic rings. The van der Waals surface area contributed by atoms with Crippen molar-refractivity contribution in [3.63, 3.8) is 0 Å². The van der Waals surface area contributed by atoms with E-state index in [4.69, 9.17) is 21.1 Å². The van der Waals surface area contributed by atoms with Crippen molar-refractivity contribution < 1.29 is 14.3 Å². The predicted octanol–water partition coefficient (Wildman–Crippen LogP) is 3.10. The number of ether oxygens (including phenoxy) is 2. The van der Waals surface area contributed by atoms with E-state index in [0.29, 0.717) is 17.3 Å². The quantitative estimate of drug-likeness (QED) is 0.909. The van der Waals surface area contributed by atoms with E-state index < -0.39 is 5.60 Å². The first-order valence-corrected chi connectivity index (χ1v) is 7.61. The molecule has 116 valence electrons. The molecule has 1 amide bonds. The maximum absolute atomic E-state index is 12.3. The molecule has 4 nitrogen and oxygen atoms in total. The highest BCUT2D eigenvalue weighted by Gasteiger charge is 2.30. The lowest BCUT2D eigenvalue weighted by atomic mass is 10.1. The van der Waals surface area contributed by atoms with Crippen LogP contribution in [0.4, 0.5) is 0 Å². The topological polar surface area (TPSA) is 47.6 Å². The van der Waals surface area contributed by atoms with E-state index in [-0.39, 0.29) is 12.0 Å². The number of aryl methyl sites for hydroxylation is 1. The minimum atomic E-state index is -0.946. The molecule has 21 heavy (non-hydrogen) atoms. The summed E-state index contributed by atoms with van der Waals surface area (Å²) in [6, 6.07) is 5.37. The highest BCUT2D eigenvalue weighted by Crippen LogP contribution is 2.24. The molecular weight excluding hydrogens is 290 g/mol. The Balaban J connectivity index is 1.92. The second-order valence-corrected chi connectivity index (χ2v) is 6.28. The van der Waals surface area contributed by atoms with Gasteiger partial charge in [0.05, 0.1) is 6.10 Å². The number of rotatable bonds is 5. The van der Waals surface area contributed by atoms with Crippen LogP contribution < -0.4 is 10.1 Å². The first-order chi connectivity index (χ1) is 9.88. The average molecular weight is 312 g/mol. The highest BCUT2D eigenvalue weighted by molar-refractivity contribution is 6.31. The van der Waals surface area contributed by atoms with Gasteiger partial charge in [-0.05, 0) is 57.4 Å². The van der Waals surface area contributed by atoms with E-state index in [1.807, 2.05) is 13.0 Å². The van der Waals surface area contributed by atoms with E-state index in [9.17, 15) is 4.79 Å². The maximum Gasteiger partial charge on any atom is 0.263 e. The van der Waals surface area contributed by atoms with Crippen LogP contribution in [0.5, 0.6) is 5.75 Å². The zero-order chi connectivity index (χ0) is 15.5. The Morgan fingerprint density at radius 2 is 2.29 bits per heavy atom. The fourth-order valence-corrected chi connectivity index (χ4v) is 2.36. The Morgan fingerprint density at radius 3 is 2.90 bits per heavy atom. The van der Waals surface area contributed by atoms with Gasteiger partial charge in [-0.15, -0.1) is 0 Å². The Morgan fingerprint density at radius 1 is 1.52 bits per heavy atom. The zero-order valence-corrected chi connectivity index (χ0v) is 13.5. The summed E-state index contributed by atoms with van der Waals surface area (Å²) < 4.78 is 11.3. The van der Waals surface area contributed by atoms with Crippen LogP contribution in [-0.2, 0) is 9.53 Å². The summed E-state index contributed by atoms with van der Waals surface area (Å²) in [7, 11) is 0. The molecule has 1 saturated heterocycles. The number of nitrogens with one attached hydrogen (secondary N) is 1. The lowest BCUT2D eigenvalue weighted by Gasteiger charge is -2.26. The van der Waals surface area contributed by atoms with Gasteiger partial charge in [-0.25, -0.2) is 0 Å². The predicted molar refractivity (Wildman–Crippen MR) is 82.9 cm³/mol. The second kappa shape index (κ2) is 6.67. The normalized spacial score (nSPS) is 18.6. The molecule has 1 heterocycles. The molecule has 1 unspecified atom stereocenters. The van der Waals surface area contributed by atoms with Gasteiger partial charge < -0.3 is 14.8 Å². The molecular formula is C16H22ClNO3. The second-order valence-electron chi connectivity index (χ2n) is 5.87. The standard InChI is InChI=1S/C16H22ClNO3/c1-11-9-12(6-7-14(11)17)21-16(2,3)15(19)18-10-13-5-4-8-20-13/h6-7,9,13H,4-5,8,10H2,1-3H3,(H,18,19). The van der Waals surface area contributed by atoms with Gasteiger partial charge in [-0.1, -0.05) is 11.6 Å². The molecule has 0 radical (unpaired) electrons. The van der Waals surface area contributed by atoms with Crippen molar-refractivity contribution in [3.05, 3.63) is 28.8 Å². The number of hydrogen-bond donors (Lipinski definition) is 1.